The number of nitrogens with zero attached hydrogens (tertiary/aromatic N) is 1. The lowest BCUT2D eigenvalue weighted by atomic mass is 10.0. The van der Waals surface area contributed by atoms with E-state index < -0.39 is 0 Å². The number of amides is 1. The highest BCUT2D eigenvalue weighted by Gasteiger charge is 2.27. The van der Waals surface area contributed by atoms with E-state index in [4.69, 9.17) is 9.47 Å². The number of hydrogen-bond donors (Lipinski definition) is 0. The summed E-state index contributed by atoms with van der Waals surface area (Å²) in [7, 11) is 0. The first-order valence-corrected chi connectivity index (χ1v) is 8.33. The molecule has 1 amide bonds. The maximum absolute atomic E-state index is 12.6. The summed E-state index contributed by atoms with van der Waals surface area (Å²) >= 11 is 0. The van der Waals surface area contributed by atoms with Gasteiger partial charge in [0.25, 0.3) is 5.91 Å². The van der Waals surface area contributed by atoms with Crippen LogP contribution < -0.4 is 4.74 Å². The van der Waals surface area contributed by atoms with E-state index in [2.05, 4.69) is 12.1 Å². The van der Waals surface area contributed by atoms with Crippen molar-refractivity contribution in [3.8, 4) is 5.75 Å². The number of carbonyl (C=O) groups excluding carboxylic acids is 1. The third kappa shape index (κ3) is 4.15. The molecule has 0 aromatic heterocycles. The monoisotopic (exact) mass is 325 g/mol. The highest BCUT2D eigenvalue weighted by atomic mass is 16.5. The molecule has 0 saturated carbocycles. The van der Waals surface area contributed by atoms with E-state index in [1.807, 2.05) is 54.3 Å². The number of morpholine rings is 1. The van der Waals surface area contributed by atoms with Gasteiger partial charge in [0.15, 0.2) is 6.61 Å². The number of carbonyl (C=O) groups is 1. The zero-order valence-corrected chi connectivity index (χ0v) is 14.0. The third-order valence-electron chi connectivity index (χ3n) is 4.31. The summed E-state index contributed by atoms with van der Waals surface area (Å²) in [6.45, 7) is 3.82. The summed E-state index contributed by atoms with van der Waals surface area (Å²) in [6, 6.07) is 18.0. The van der Waals surface area contributed by atoms with Gasteiger partial charge in [0.1, 0.15) is 5.75 Å². The molecule has 4 heteroatoms. The van der Waals surface area contributed by atoms with E-state index in [-0.39, 0.29) is 18.6 Å². The molecule has 0 bridgehead atoms. The Balaban J connectivity index is 1.62. The van der Waals surface area contributed by atoms with Crippen LogP contribution in [0.5, 0.6) is 5.75 Å². The number of benzene rings is 2. The molecule has 0 spiro atoms. The lowest BCUT2D eigenvalue weighted by molar-refractivity contribution is -0.142. The van der Waals surface area contributed by atoms with E-state index in [1.54, 1.807) is 0 Å². The van der Waals surface area contributed by atoms with E-state index in [1.165, 1.54) is 5.56 Å². The second-order valence-electron chi connectivity index (χ2n) is 6.06. The first kappa shape index (κ1) is 16.5. The Morgan fingerprint density at radius 3 is 2.71 bits per heavy atom. The quantitative estimate of drug-likeness (QED) is 0.848. The lowest BCUT2D eigenvalue weighted by Crippen LogP contribution is -2.51. The normalized spacial score (nSPS) is 17.5. The molecule has 1 atom stereocenters. The van der Waals surface area contributed by atoms with Gasteiger partial charge in [0, 0.05) is 6.54 Å². The SMILES string of the molecule is Cc1ccccc1OCC(=O)N1CCOCC1Cc1ccccc1. The molecule has 24 heavy (non-hydrogen) atoms. The zero-order chi connectivity index (χ0) is 16.8. The topological polar surface area (TPSA) is 38.8 Å². The fourth-order valence-electron chi connectivity index (χ4n) is 2.98. The maximum Gasteiger partial charge on any atom is 0.260 e. The molecule has 3 rings (SSSR count). The Labute approximate surface area is 143 Å². The molecule has 1 fully saturated rings. The Hall–Kier alpha value is -2.33. The van der Waals surface area contributed by atoms with Crippen molar-refractivity contribution in [2.45, 2.75) is 19.4 Å². The summed E-state index contributed by atoms with van der Waals surface area (Å²) in [6.07, 6.45) is 0.803. The third-order valence-corrected chi connectivity index (χ3v) is 4.31. The Morgan fingerprint density at radius 1 is 1.17 bits per heavy atom. The van der Waals surface area contributed by atoms with Gasteiger partial charge in [-0.1, -0.05) is 48.5 Å². The van der Waals surface area contributed by atoms with Crippen LogP contribution in [0.15, 0.2) is 54.6 Å². The number of para-hydroxylation sites is 1. The van der Waals surface area contributed by atoms with Crippen LogP contribution in [-0.2, 0) is 16.0 Å². The Bertz CT molecular complexity index is 672. The summed E-state index contributed by atoms with van der Waals surface area (Å²) in [5.74, 6) is 0.779. The fourth-order valence-corrected chi connectivity index (χ4v) is 2.98. The molecule has 0 N–H and O–H groups in total. The summed E-state index contributed by atoms with van der Waals surface area (Å²) in [5, 5.41) is 0. The number of hydrogen-bond acceptors (Lipinski definition) is 3. The Morgan fingerprint density at radius 2 is 1.92 bits per heavy atom. The van der Waals surface area contributed by atoms with Gasteiger partial charge in [-0.25, -0.2) is 0 Å². The highest BCUT2D eigenvalue weighted by molar-refractivity contribution is 5.78. The van der Waals surface area contributed by atoms with Crippen molar-refractivity contribution in [3.05, 3.63) is 65.7 Å². The predicted molar refractivity (Wildman–Crippen MR) is 93.1 cm³/mol. The van der Waals surface area contributed by atoms with Gasteiger partial charge >= 0.3 is 0 Å². The van der Waals surface area contributed by atoms with Gasteiger partial charge in [-0.2, -0.15) is 0 Å². The van der Waals surface area contributed by atoms with Gasteiger partial charge in [-0.05, 0) is 30.5 Å². The molecule has 1 saturated heterocycles. The maximum atomic E-state index is 12.6. The number of ether oxygens (including phenoxy) is 2. The molecule has 1 aliphatic rings. The van der Waals surface area contributed by atoms with Crippen molar-refractivity contribution in [2.24, 2.45) is 0 Å². The largest absolute Gasteiger partial charge is 0.484 e. The van der Waals surface area contributed by atoms with E-state index in [0.29, 0.717) is 19.8 Å². The van der Waals surface area contributed by atoms with Gasteiger partial charge in [-0.15, -0.1) is 0 Å². The minimum absolute atomic E-state index is 0.0162. The van der Waals surface area contributed by atoms with E-state index in [0.717, 1.165) is 17.7 Å². The molecular weight excluding hydrogens is 302 g/mol. The molecule has 2 aromatic carbocycles. The van der Waals surface area contributed by atoms with Crippen LogP contribution in [0.2, 0.25) is 0 Å². The van der Waals surface area contributed by atoms with Crippen molar-refractivity contribution in [1.29, 1.82) is 0 Å². The van der Waals surface area contributed by atoms with Gasteiger partial charge < -0.3 is 14.4 Å². The fraction of sp³-hybridized carbons (Fsp3) is 0.350. The second-order valence-corrected chi connectivity index (χ2v) is 6.06. The first-order valence-electron chi connectivity index (χ1n) is 8.33. The van der Waals surface area contributed by atoms with Crippen LogP contribution >= 0.6 is 0 Å². The van der Waals surface area contributed by atoms with Crippen LogP contribution in [-0.4, -0.2) is 43.2 Å². The molecule has 126 valence electrons. The number of aryl methyl sites for hydroxylation is 1. The summed E-state index contributed by atoms with van der Waals surface area (Å²) in [4.78, 5) is 14.5. The van der Waals surface area contributed by atoms with Crippen molar-refractivity contribution < 1.29 is 14.3 Å². The Kier molecular flexibility index (Phi) is 5.49. The van der Waals surface area contributed by atoms with Crippen molar-refractivity contribution in [2.75, 3.05) is 26.4 Å². The molecule has 1 unspecified atom stereocenters. The standard InChI is InChI=1S/C20H23NO3/c1-16-7-5-6-10-19(16)24-15-20(22)21-11-12-23-14-18(21)13-17-8-3-2-4-9-17/h2-10,18H,11-15H2,1H3. The lowest BCUT2D eigenvalue weighted by Gasteiger charge is -2.35. The molecule has 1 heterocycles. The van der Waals surface area contributed by atoms with E-state index >= 15 is 0 Å². The smallest absolute Gasteiger partial charge is 0.260 e. The van der Waals surface area contributed by atoms with Gasteiger partial charge in [0.2, 0.25) is 0 Å². The van der Waals surface area contributed by atoms with Crippen LogP contribution in [0.4, 0.5) is 0 Å². The average molecular weight is 325 g/mol. The zero-order valence-electron chi connectivity index (χ0n) is 14.0. The summed E-state index contributed by atoms with van der Waals surface area (Å²) in [5.41, 5.74) is 2.25. The second kappa shape index (κ2) is 7.97. The van der Waals surface area contributed by atoms with Crippen molar-refractivity contribution in [3.63, 3.8) is 0 Å². The van der Waals surface area contributed by atoms with Crippen molar-refractivity contribution in [1.82, 2.24) is 4.90 Å². The van der Waals surface area contributed by atoms with Crippen LogP contribution in [0.3, 0.4) is 0 Å². The summed E-state index contributed by atoms with van der Waals surface area (Å²) < 4.78 is 11.3. The molecular formula is C20H23NO3. The molecule has 0 radical (unpaired) electrons. The highest BCUT2D eigenvalue weighted by Crippen LogP contribution is 2.18. The molecule has 2 aromatic rings. The average Bonchev–Trinajstić information content (AvgIpc) is 2.62. The molecule has 0 aliphatic carbocycles. The minimum Gasteiger partial charge on any atom is -0.484 e. The van der Waals surface area contributed by atoms with Crippen molar-refractivity contribution >= 4 is 5.91 Å². The molecule has 1 aliphatic heterocycles. The molecule has 4 nitrogen and oxygen atoms in total. The minimum atomic E-state index is 0.0162. The van der Waals surface area contributed by atoms with Crippen LogP contribution in [0.25, 0.3) is 0 Å². The van der Waals surface area contributed by atoms with Gasteiger partial charge in [0.05, 0.1) is 19.3 Å². The number of rotatable bonds is 5. The van der Waals surface area contributed by atoms with Crippen LogP contribution in [0, 0.1) is 6.92 Å². The van der Waals surface area contributed by atoms with Crippen LogP contribution in [0.1, 0.15) is 11.1 Å². The van der Waals surface area contributed by atoms with Gasteiger partial charge in [-0.3, -0.25) is 4.79 Å². The van der Waals surface area contributed by atoms with E-state index in [9.17, 15) is 4.79 Å². The predicted octanol–water partition coefficient (Wildman–Crippen LogP) is 2.84. The first-order chi connectivity index (χ1) is 11.7.